The minimum absolute atomic E-state index is 0.0768. The lowest BCUT2D eigenvalue weighted by Crippen LogP contribution is -2.36. The zero-order valence-corrected chi connectivity index (χ0v) is 17.3. The van der Waals surface area contributed by atoms with Gasteiger partial charge in [0.2, 0.25) is 0 Å². The second kappa shape index (κ2) is 10.5. The van der Waals surface area contributed by atoms with Crippen molar-refractivity contribution < 1.29 is 4.39 Å². The summed E-state index contributed by atoms with van der Waals surface area (Å²) in [5.74, 6) is 0.265. The second-order valence-corrected chi connectivity index (χ2v) is 7.92. The molecule has 0 bridgehead atoms. The Morgan fingerprint density at radius 1 is 1.34 bits per heavy atom. The van der Waals surface area contributed by atoms with Gasteiger partial charge in [-0.2, -0.15) is 0 Å². The standard InChI is InChI=1S/C21H27FN6S/c1-24-10-9-18(27-13-26-15-7-8-15)21(29-14-28-11-4-12-28)20(25-2)16-5-3-6-17(23)19(16)22/h3,5-6,9-10,15,26H,1-2,4,7-8,11-14,23H2/b10-9-,21-20-,27-18+. The fourth-order valence-electron chi connectivity index (χ4n) is 2.81. The molecule has 154 valence electrons. The molecule has 2 fully saturated rings. The summed E-state index contributed by atoms with van der Waals surface area (Å²) in [4.78, 5) is 15.8. The summed E-state index contributed by atoms with van der Waals surface area (Å²) < 4.78 is 14.8. The molecular formula is C21H27FN6S. The molecule has 1 aliphatic carbocycles. The summed E-state index contributed by atoms with van der Waals surface area (Å²) in [6.45, 7) is 9.79. The van der Waals surface area contributed by atoms with Gasteiger partial charge >= 0.3 is 0 Å². The monoisotopic (exact) mass is 414 g/mol. The summed E-state index contributed by atoms with van der Waals surface area (Å²) in [6, 6.07) is 5.44. The first-order chi connectivity index (χ1) is 14.1. The fourth-order valence-corrected chi connectivity index (χ4v) is 3.97. The number of hydrogen-bond donors (Lipinski definition) is 2. The number of hydrogen-bond acceptors (Lipinski definition) is 7. The van der Waals surface area contributed by atoms with Crippen LogP contribution in [0.1, 0.15) is 24.8 Å². The van der Waals surface area contributed by atoms with Crippen molar-refractivity contribution in [3.8, 4) is 0 Å². The van der Waals surface area contributed by atoms with Crippen LogP contribution < -0.4 is 11.1 Å². The van der Waals surface area contributed by atoms with Crippen molar-refractivity contribution in [1.29, 1.82) is 0 Å². The molecule has 8 heteroatoms. The molecule has 29 heavy (non-hydrogen) atoms. The van der Waals surface area contributed by atoms with Crippen LogP contribution in [-0.2, 0) is 0 Å². The van der Waals surface area contributed by atoms with Crippen LogP contribution in [0.5, 0.6) is 0 Å². The van der Waals surface area contributed by atoms with E-state index in [4.69, 9.17) is 10.7 Å². The predicted molar refractivity (Wildman–Crippen MR) is 123 cm³/mol. The number of nitrogens with two attached hydrogens (primary N) is 1. The zero-order valence-electron chi connectivity index (χ0n) is 16.5. The quantitative estimate of drug-likeness (QED) is 0.429. The molecule has 1 saturated carbocycles. The number of halogens is 1. The number of nitrogens with one attached hydrogen (secondary N) is 1. The van der Waals surface area contributed by atoms with Crippen LogP contribution in [-0.4, -0.2) is 55.7 Å². The lowest BCUT2D eigenvalue weighted by atomic mass is 10.1. The zero-order chi connectivity index (χ0) is 20.6. The molecule has 0 atom stereocenters. The molecule has 0 radical (unpaired) electrons. The van der Waals surface area contributed by atoms with Crippen molar-refractivity contribution >= 4 is 42.3 Å². The molecule has 3 N–H and O–H groups in total. The first-order valence-electron chi connectivity index (χ1n) is 9.65. The molecule has 6 nitrogen and oxygen atoms in total. The van der Waals surface area contributed by atoms with Crippen LogP contribution >= 0.6 is 11.8 Å². The van der Waals surface area contributed by atoms with Crippen LogP contribution in [0.25, 0.3) is 5.70 Å². The van der Waals surface area contributed by atoms with Crippen LogP contribution in [0.2, 0.25) is 0 Å². The smallest absolute Gasteiger partial charge is 0.155 e. The number of benzene rings is 1. The predicted octanol–water partition coefficient (Wildman–Crippen LogP) is 3.54. The molecule has 1 heterocycles. The Morgan fingerprint density at radius 2 is 2.14 bits per heavy atom. The number of thioether (sulfide) groups is 1. The molecule has 1 aromatic carbocycles. The van der Waals surface area contributed by atoms with E-state index in [2.05, 4.69) is 33.6 Å². The van der Waals surface area contributed by atoms with E-state index in [1.165, 1.54) is 25.3 Å². The number of likely N-dealkylation sites (tertiary alicyclic amines) is 1. The summed E-state index contributed by atoms with van der Waals surface area (Å²) in [7, 11) is 0. The Kier molecular flexibility index (Phi) is 7.74. The average molecular weight is 415 g/mol. The maximum Gasteiger partial charge on any atom is 0.155 e. The van der Waals surface area contributed by atoms with Gasteiger partial charge in [0.1, 0.15) is 0 Å². The van der Waals surface area contributed by atoms with Gasteiger partial charge in [0.05, 0.1) is 28.7 Å². The lowest BCUT2D eigenvalue weighted by molar-refractivity contribution is 0.218. The van der Waals surface area contributed by atoms with Crippen molar-refractivity contribution in [3.05, 3.63) is 46.8 Å². The minimum Gasteiger partial charge on any atom is -0.396 e. The highest BCUT2D eigenvalue weighted by atomic mass is 32.2. The largest absolute Gasteiger partial charge is 0.396 e. The molecule has 1 aliphatic heterocycles. The molecule has 3 rings (SSSR count). The molecule has 0 spiro atoms. The Balaban J connectivity index is 2.01. The van der Waals surface area contributed by atoms with Crippen LogP contribution in [0, 0.1) is 5.82 Å². The Morgan fingerprint density at radius 3 is 2.76 bits per heavy atom. The number of nitrogen functional groups attached to an aromatic ring is 1. The summed E-state index contributed by atoms with van der Waals surface area (Å²) >= 11 is 1.57. The van der Waals surface area contributed by atoms with E-state index in [1.807, 2.05) is 0 Å². The van der Waals surface area contributed by atoms with Crippen LogP contribution in [0.4, 0.5) is 10.1 Å². The van der Waals surface area contributed by atoms with E-state index in [1.54, 1.807) is 36.2 Å². The van der Waals surface area contributed by atoms with E-state index in [0.29, 0.717) is 29.7 Å². The number of aliphatic imine (C=N–C) groups is 3. The number of allylic oxidation sites excluding steroid dienone is 2. The number of rotatable bonds is 11. The van der Waals surface area contributed by atoms with Gasteiger partial charge in [0.15, 0.2) is 5.82 Å². The highest BCUT2D eigenvalue weighted by Gasteiger charge is 2.22. The van der Waals surface area contributed by atoms with E-state index in [-0.39, 0.29) is 5.69 Å². The van der Waals surface area contributed by atoms with Crippen molar-refractivity contribution in [2.75, 3.05) is 31.4 Å². The molecule has 0 aromatic heterocycles. The van der Waals surface area contributed by atoms with Gasteiger partial charge in [-0.1, -0.05) is 6.07 Å². The molecule has 1 aromatic rings. The maximum atomic E-state index is 14.8. The maximum absolute atomic E-state index is 14.8. The topological polar surface area (TPSA) is 78.4 Å². The molecule has 2 aliphatic rings. The Bertz CT molecular complexity index is 840. The van der Waals surface area contributed by atoms with Gasteiger partial charge in [-0.3, -0.25) is 25.2 Å². The van der Waals surface area contributed by atoms with E-state index < -0.39 is 5.82 Å². The van der Waals surface area contributed by atoms with Crippen LogP contribution in [0.15, 0.2) is 50.4 Å². The third-order valence-electron chi connectivity index (χ3n) is 4.77. The second-order valence-electron chi connectivity index (χ2n) is 6.97. The van der Waals surface area contributed by atoms with Gasteiger partial charge in [-0.05, 0) is 50.9 Å². The normalized spacial score (nSPS) is 18.4. The number of nitrogens with zero attached hydrogens (tertiary/aromatic N) is 4. The van der Waals surface area contributed by atoms with E-state index >= 15 is 0 Å². The van der Waals surface area contributed by atoms with Gasteiger partial charge < -0.3 is 5.73 Å². The minimum atomic E-state index is -0.502. The first-order valence-corrected chi connectivity index (χ1v) is 10.6. The average Bonchev–Trinajstić information content (AvgIpc) is 3.50. The molecular weight excluding hydrogens is 387 g/mol. The van der Waals surface area contributed by atoms with Crippen molar-refractivity contribution in [2.24, 2.45) is 15.0 Å². The summed E-state index contributed by atoms with van der Waals surface area (Å²) in [5.41, 5.74) is 7.28. The van der Waals surface area contributed by atoms with Crippen molar-refractivity contribution in [2.45, 2.75) is 25.3 Å². The lowest BCUT2D eigenvalue weighted by Gasteiger charge is -2.30. The van der Waals surface area contributed by atoms with Gasteiger partial charge in [0, 0.05) is 36.8 Å². The highest BCUT2D eigenvalue weighted by molar-refractivity contribution is 8.04. The SMILES string of the molecule is C=N\C=C/C(=N\CNC1CC1)C(/SCN1CCC1)=C(/N=C)c1cccc(N)c1F. The van der Waals surface area contributed by atoms with Crippen molar-refractivity contribution in [3.63, 3.8) is 0 Å². The fraction of sp³-hybridized carbons (Fsp3) is 0.381. The van der Waals surface area contributed by atoms with Crippen LogP contribution in [0.3, 0.4) is 0 Å². The highest BCUT2D eigenvalue weighted by Crippen LogP contribution is 2.33. The Hall–Kier alpha value is -2.29. The third-order valence-corrected chi connectivity index (χ3v) is 5.96. The molecule has 1 saturated heterocycles. The van der Waals surface area contributed by atoms with Gasteiger partial charge in [-0.25, -0.2) is 4.39 Å². The third kappa shape index (κ3) is 5.85. The number of anilines is 1. The van der Waals surface area contributed by atoms with E-state index in [9.17, 15) is 4.39 Å². The first kappa shape index (κ1) is 21.4. The van der Waals surface area contributed by atoms with Gasteiger partial charge in [0.25, 0.3) is 0 Å². The molecule has 0 unspecified atom stereocenters. The van der Waals surface area contributed by atoms with Gasteiger partial charge in [-0.15, -0.1) is 11.8 Å². The summed E-state index contributed by atoms with van der Waals surface area (Å²) in [5, 5.41) is 3.37. The molecule has 0 amide bonds. The van der Waals surface area contributed by atoms with Crippen molar-refractivity contribution in [1.82, 2.24) is 10.2 Å². The van der Waals surface area contributed by atoms with E-state index in [0.717, 1.165) is 23.9 Å². The Labute approximate surface area is 175 Å². The summed E-state index contributed by atoms with van der Waals surface area (Å²) in [6.07, 6.45) is 6.90.